The number of rotatable bonds is 2. The maximum Gasteiger partial charge on any atom is 0.228 e. The normalized spacial score (nSPS) is 40.2. The van der Waals surface area contributed by atoms with Crippen LogP contribution in [-0.4, -0.2) is 22.3 Å². The summed E-state index contributed by atoms with van der Waals surface area (Å²) in [5.41, 5.74) is 5.85. The van der Waals surface area contributed by atoms with Crippen molar-refractivity contribution in [3.8, 4) is 0 Å². The van der Waals surface area contributed by atoms with E-state index >= 15 is 0 Å². The molecule has 0 aromatic rings. The fourth-order valence-corrected chi connectivity index (χ4v) is 3.08. The van der Waals surface area contributed by atoms with Crippen molar-refractivity contribution in [1.82, 2.24) is 0 Å². The van der Waals surface area contributed by atoms with Crippen molar-refractivity contribution >= 4 is 15.9 Å². The molecule has 1 aliphatic rings. The van der Waals surface area contributed by atoms with E-state index in [0.29, 0.717) is 12.3 Å². The highest BCUT2D eigenvalue weighted by Gasteiger charge is 2.40. The lowest BCUT2D eigenvalue weighted by Crippen LogP contribution is -2.51. The minimum absolute atomic E-state index is 0.230. The van der Waals surface area contributed by atoms with Crippen LogP contribution in [0.2, 0.25) is 0 Å². The van der Waals surface area contributed by atoms with Crippen LogP contribution in [-0.2, 0) is 0 Å². The first-order chi connectivity index (χ1) is 6.07. The predicted octanol–water partition coefficient (Wildman–Crippen LogP) is 1.40. The van der Waals surface area contributed by atoms with E-state index in [-0.39, 0.29) is 16.9 Å². The van der Waals surface area contributed by atoms with Crippen LogP contribution >= 0.6 is 15.9 Å². The standard InChI is InChI=1S/C8H15BrN2O2/c1-5-2-3-7(11(12)13)8(10)6(5)4-9/h5-8H,2-4,10H2,1H3. The number of nitrogens with two attached hydrogens (primary N) is 1. The zero-order valence-electron chi connectivity index (χ0n) is 7.65. The molecule has 0 aromatic carbocycles. The van der Waals surface area contributed by atoms with Gasteiger partial charge in [0.25, 0.3) is 0 Å². The number of alkyl halides is 1. The SMILES string of the molecule is CC1CCC([N+](=O)[O-])C(N)C1CBr. The molecule has 0 amide bonds. The van der Waals surface area contributed by atoms with E-state index < -0.39 is 6.04 Å². The topological polar surface area (TPSA) is 69.2 Å². The van der Waals surface area contributed by atoms with Crippen LogP contribution in [0.1, 0.15) is 19.8 Å². The average Bonchev–Trinajstić information content (AvgIpc) is 2.04. The third kappa shape index (κ3) is 2.20. The zero-order valence-corrected chi connectivity index (χ0v) is 9.24. The molecule has 1 saturated carbocycles. The molecule has 4 unspecified atom stereocenters. The van der Waals surface area contributed by atoms with Crippen molar-refractivity contribution in [2.75, 3.05) is 5.33 Å². The van der Waals surface area contributed by atoms with Gasteiger partial charge in [-0.25, -0.2) is 0 Å². The van der Waals surface area contributed by atoms with Gasteiger partial charge in [0.2, 0.25) is 6.04 Å². The van der Waals surface area contributed by atoms with Crippen molar-refractivity contribution in [3.63, 3.8) is 0 Å². The van der Waals surface area contributed by atoms with E-state index in [0.717, 1.165) is 11.8 Å². The third-order valence-corrected chi connectivity index (χ3v) is 3.78. The van der Waals surface area contributed by atoms with Crippen LogP contribution in [0.15, 0.2) is 0 Å². The fourth-order valence-electron chi connectivity index (χ4n) is 2.01. The van der Waals surface area contributed by atoms with Gasteiger partial charge in [-0.15, -0.1) is 0 Å². The highest BCUT2D eigenvalue weighted by Crippen LogP contribution is 2.31. The lowest BCUT2D eigenvalue weighted by molar-refractivity contribution is -0.531. The highest BCUT2D eigenvalue weighted by atomic mass is 79.9. The maximum atomic E-state index is 10.6. The molecule has 0 radical (unpaired) electrons. The van der Waals surface area contributed by atoms with Crippen LogP contribution in [0.25, 0.3) is 0 Å². The number of hydrogen-bond acceptors (Lipinski definition) is 3. The van der Waals surface area contributed by atoms with Gasteiger partial charge in [-0.3, -0.25) is 10.1 Å². The van der Waals surface area contributed by atoms with Gasteiger partial charge in [0.1, 0.15) is 0 Å². The van der Waals surface area contributed by atoms with Crippen LogP contribution in [0, 0.1) is 22.0 Å². The van der Waals surface area contributed by atoms with Crippen molar-refractivity contribution in [2.45, 2.75) is 31.8 Å². The van der Waals surface area contributed by atoms with Gasteiger partial charge in [0.05, 0.1) is 6.04 Å². The summed E-state index contributed by atoms with van der Waals surface area (Å²) in [6.45, 7) is 2.11. The van der Waals surface area contributed by atoms with Crippen LogP contribution in [0.5, 0.6) is 0 Å². The molecular formula is C8H15BrN2O2. The quantitative estimate of drug-likeness (QED) is 0.458. The summed E-state index contributed by atoms with van der Waals surface area (Å²) in [6.07, 6.45) is 1.54. The molecule has 0 heterocycles. The Morgan fingerprint density at radius 3 is 2.69 bits per heavy atom. The molecule has 4 atom stereocenters. The zero-order chi connectivity index (χ0) is 10.0. The van der Waals surface area contributed by atoms with Gasteiger partial charge in [-0.1, -0.05) is 22.9 Å². The predicted molar refractivity (Wildman–Crippen MR) is 54.4 cm³/mol. The Bertz CT molecular complexity index is 201. The molecular weight excluding hydrogens is 236 g/mol. The third-order valence-electron chi connectivity index (χ3n) is 3.04. The molecule has 0 spiro atoms. The Morgan fingerprint density at radius 2 is 2.23 bits per heavy atom. The van der Waals surface area contributed by atoms with E-state index in [1.54, 1.807) is 0 Å². The minimum Gasteiger partial charge on any atom is -0.322 e. The van der Waals surface area contributed by atoms with Crippen molar-refractivity contribution in [2.24, 2.45) is 17.6 Å². The van der Waals surface area contributed by atoms with E-state index in [4.69, 9.17) is 5.73 Å². The Morgan fingerprint density at radius 1 is 1.62 bits per heavy atom. The van der Waals surface area contributed by atoms with E-state index in [2.05, 4.69) is 22.9 Å². The molecule has 2 N–H and O–H groups in total. The first-order valence-corrected chi connectivity index (χ1v) is 5.65. The van der Waals surface area contributed by atoms with Crippen LogP contribution < -0.4 is 5.73 Å². The van der Waals surface area contributed by atoms with Crippen LogP contribution in [0.3, 0.4) is 0 Å². The van der Waals surface area contributed by atoms with Gasteiger partial charge in [0.15, 0.2) is 0 Å². The van der Waals surface area contributed by atoms with Crippen molar-refractivity contribution < 1.29 is 4.92 Å². The van der Waals surface area contributed by atoms with Crippen molar-refractivity contribution in [3.05, 3.63) is 10.1 Å². The largest absolute Gasteiger partial charge is 0.322 e. The van der Waals surface area contributed by atoms with Gasteiger partial charge in [0, 0.05) is 16.7 Å². The number of halogens is 1. The Hall–Kier alpha value is -0.160. The molecule has 1 fully saturated rings. The molecule has 13 heavy (non-hydrogen) atoms. The molecule has 5 heteroatoms. The fraction of sp³-hybridized carbons (Fsp3) is 1.00. The molecule has 0 aliphatic heterocycles. The lowest BCUT2D eigenvalue weighted by atomic mass is 9.76. The van der Waals surface area contributed by atoms with E-state index in [1.165, 1.54) is 0 Å². The van der Waals surface area contributed by atoms with Crippen LogP contribution in [0.4, 0.5) is 0 Å². The Balaban J connectivity index is 2.69. The highest BCUT2D eigenvalue weighted by molar-refractivity contribution is 9.09. The number of hydrogen-bond donors (Lipinski definition) is 1. The molecule has 0 bridgehead atoms. The maximum absolute atomic E-state index is 10.6. The molecule has 0 aromatic heterocycles. The Kier molecular flexibility index (Phi) is 3.67. The van der Waals surface area contributed by atoms with Gasteiger partial charge >= 0.3 is 0 Å². The van der Waals surface area contributed by atoms with Crippen molar-refractivity contribution in [1.29, 1.82) is 0 Å². The summed E-state index contributed by atoms with van der Waals surface area (Å²) in [5, 5.41) is 11.4. The first kappa shape index (κ1) is 10.9. The summed E-state index contributed by atoms with van der Waals surface area (Å²) < 4.78 is 0. The minimum atomic E-state index is -0.543. The summed E-state index contributed by atoms with van der Waals surface area (Å²) >= 11 is 3.37. The summed E-state index contributed by atoms with van der Waals surface area (Å²) in [5.74, 6) is 0.731. The molecule has 76 valence electrons. The summed E-state index contributed by atoms with van der Waals surface area (Å²) in [4.78, 5) is 10.4. The summed E-state index contributed by atoms with van der Waals surface area (Å²) in [6, 6.07) is -0.836. The average molecular weight is 251 g/mol. The summed E-state index contributed by atoms with van der Waals surface area (Å²) in [7, 11) is 0. The lowest BCUT2D eigenvalue weighted by Gasteiger charge is -2.34. The monoisotopic (exact) mass is 250 g/mol. The van der Waals surface area contributed by atoms with Gasteiger partial charge in [-0.05, 0) is 18.3 Å². The van der Waals surface area contributed by atoms with Gasteiger partial charge in [-0.2, -0.15) is 0 Å². The van der Waals surface area contributed by atoms with E-state index in [9.17, 15) is 10.1 Å². The molecule has 1 rings (SSSR count). The Labute approximate surface area is 86.1 Å². The second-order valence-electron chi connectivity index (χ2n) is 3.80. The first-order valence-electron chi connectivity index (χ1n) is 4.53. The number of nitrogens with zero attached hydrogens (tertiary/aromatic N) is 1. The molecule has 4 nitrogen and oxygen atoms in total. The number of nitro groups is 1. The van der Waals surface area contributed by atoms with Gasteiger partial charge < -0.3 is 5.73 Å². The van der Waals surface area contributed by atoms with E-state index in [1.807, 2.05) is 0 Å². The molecule has 1 aliphatic carbocycles. The molecule has 0 saturated heterocycles. The second kappa shape index (κ2) is 4.37. The smallest absolute Gasteiger partial charge is 0.228 e. The second-order valence-corrected chi connectivity index (χ2v) is 4.45.